The summed E-state index contributed by atoms with van der Waals surface area (Å²) in [7, 11) is 0. The second-order valence-electron chi connectivity index (χ2n) is 5.45. The van der Waals surface area contributed by atoms with Gasteiger partial charge in [-0.05, 0) is 50.2 Å². The first-order valence-electron chi connectivity index (χ1n) is 7.97. The third-order valence-corrected chi connectivity index (χ3v) is 3.35. The summed E-state index contributed by atoms with van der Waals surface area (Å²) in [6.45, 7) is 4.32. The van der Waals surface area contributed by atoms with Crippen molar-refractivity contribution in [2.75, 3.05) is 11.9 Å². The Bertz CT molecular complexity index is 669. The number of hydrogen-bond acceptors (Lipinski definition) is 3. The molecule has 0 fully saturated rings. The molecule has 2 rings (SSSR count). The molecule has 0 heterocycles. The molecule has 2 aromatic rings. The Hall–Kier alpha value is -2.82. The van der Waals surface area contributed by atoms with Gasteiger partial charge in [0, 0.05) is 23.7 Å². The number of nitrogens with one attached hydrogen (secondary N) is 2. The van der Waals surface area contributed by atoms with Crippen LogP contribution in [0, 0.1) is 0 Å². The normalized spacial score (nSPS) is 11.4. The van der Waals surface area contributed by atoms with Crippen LogP contribution in [0.2, 0.25) is 0 Å². The quantitative estimate of drug-likeness (QED) is 0.821. The highest BCUT2D eigenvalue weighted by atomic mass is 16.5. The maximum absolute atomic E-state index is 12.1. The van der Waals surface area contributed by atoms with Gasteiger partial charge in [0.15, 0.2) is 0 Å². The Morgan fingerprint density at radius 1 is 1.04 bits per heavy atom. The molecule has 24 heavy (non-hydrogen) atoms. The molecule has 0 radical (unpaired) electrons. The molecule has 5 heteroatoms. The molecule has 2 N–H and O–H groups in total. The van der Waals surface area contributed by atoms with Crippen molar-refractivity contribution in [1.29, 1.82) is 0 Å². The van der Waals surface area contributed by atoms with Crippen LogP contribution >= 0.6 is 0 Å². The molecule has 1 unspecified atom stereocenters. The molecule has 0 aliphatic heterocycles. The van der Waals surface area contributed by atoms with Crippen molar-refractivity contribution in [3.05, 3.63) is 60.2 Å². The van der Waals surface area contributed by atoms with Crippen LogP contribution in [0.15, 0.2) is 54.6 Å². The minimum atomic E-state index is -0.264. The largest absolute Gasteiger partial charge is 0.494 e. The summed E-state index contributed by atoms with van der Waals surface area (Å²) in [5.74, 6) is 0.427. The standard InChI is InChI=1S/C19H22N2O3/c1-3-24-17-11-9-16(10-12-17)21-18(22)13-14(2)20-19(23)15-7-5-4-6-8-15/h4-12,14H,3,13H2,1-2H3,(H,20,23)(H,21,22). The van der Waals surface area contributed by atoms with Gasteiger partial charge in [-0.2, -0.15) is 0 Å². The van der Waals surface area contributed by atoms with Crippen molar-refractivity contribution < 1.29 is 14.3 Å². The fourth-order valence-corrected chi connectivity index (χ4v) is 2.24. The Balaban J connectivity index is 1.82. The molecule has 0 saturated heterocycles. The lowest BCUT2D eigenvalue weighted by atomic mass is 10.1. The van der Waals surface area contributed by atoms with Crippen molar-refractivity contribution in [1.82, 2.24) is 5.32 Å². The van der Waals surface area contributed by atoms with Crippen LogP contribution in [0.3, 0.4) is 0 Å². The highest BCUT2D eigenvalue weighted by Gasteiger charge is 2.13. The summed E-state index contributed by atoms with van der Waals surface area (Å²) in [5.41, 5.74) is 1.28. The van der Waals surface area contributed by atoms with Crippen molar-refractivity contribution >= 4 is 17.5 Å². The van der Waals surface area contributed by atoms with Gasteiger partial charge >= 0.3 is 0 Å². The lowest BCUT2D eigenvalue weighted by Crippen LogP contribution is -2.35. The number of benzene rings is 2. The van der Waals surface area contributed by atoms with E-state index in [4.69, 9.17) is 4.74 Å². The van der Waals surface area contributed by atoms with Gasteiger partial charge in [0.25, 0.3) is 5.91 Å². The van der Waals surface area contributed by atoms with Crippen LogP contribution in [-0.4, -0.2) is 24.5 Å². The second kappa shape index (κ2) is 8.72. The number of amides is 2. The average Bonchev–Trinajstić information content (AvgIpc) is 2.57. The lowest BCUT2D eigenvalue weighted by Gasteiger charge is -2.14. The summed E-state index contributed by atoms with van der Waals surface area (Å²) in [4.78, 5) is 24.1. The Kier molecular flexibility index (Phi) is 6.37. The van der Waals surface area contributed by atoms with Crippen molar-refractivity contribution in [3.63, 3.8) is 0 Å². The predicted octanol–water partition coefficient (Wildman–Crippen LogP) is 3.23. The van der Waals surface area contributed by atoms with Crippen LogP contribution in [0.4, 0.5) is 5.69 Å². The molecule has 0 aliphatic carbocycles. The molecule has 2 aromatic carbocycles. The predicted molar refractivity (Wildman–Crippen MR) is 94.2 cm³/mol. The van der Waals surface area contributed by atoms with Crippen LogP contribution in [0.25, 0.3) is 0 Å². The Morgan fingerprint density at radius 3 is 2.33 bits per heavy atom. The molecule has 126 valence electrons. The maximum Gasteiger partial charge on any atom is 0.251 e. The van der Waals surface area contributed by atoms with E-state index >= 15 is 0 Å². The fraction of sp³-hybridized carbons (Fsp3) is 0.263. The van der Waals surface area contributed by atoms with E-state index in [1.54, 1.807) is 55.5 Å². The van der Waals surface area contributed by atoms with E-state index < -0.39 is 0 Å². The average molecular weight is 326 g/mol. The minimum Gasteiger partial charge on any atom is -0.494 e. The van der Waals surface area contributed by atoms with Crippen LogP contribution < -0.4 is 15.4 Å². The smallest absolute Gasteiger partial charge is 0.251 e. The molecular formula is C19H22N2O3. The first-order valence-corrected chi connectivity index (χ1v) is 7.97. The molecule has 5 nitrogen and oxygen atoms in total. The van der Waals surface area contributed by atoms with Gasteiger partial charge in [-0.25, -0.2) is 0 Å². The van der Waals surface area contributed by atoms with E-state index in [1.165, 1.54) is 0 Å². The number of anilines is 1. The van der Waals surface area contributed by atoms with Gasteiger partial charge in [0.1, 0.15) is 5.75 Å². The highest BCUT2D eigenvalue weighted by molar-refractivity contribution is 5.95. The number of carbonyl (C=O) groups excluding carboxylic acids is 2. The number of carbonyl (C=O) groups is 2. The summed E-state index contributed by atoms with van der Waals surface area (Å²) >= 11 is 0. The zero-order valence-electron chi connectivity index (χ0n) is 13.9. The van der Waals surface area contributed by atoms with Crippen molar-refractivity contribution in [2.24, 2.45) is 0 Å². The topological polar surface area (TPSA) is 67.4 Å². The van der Waals surface area contributed by atoms with Gasteiger partial charge < -0.3 is 15.4 Å². The first kappa shape index (κ1) is 17.5. The molecule has 0 saturated carbocycles. The third-order valence-electron chi connectivity index (χ3n) is 3.35. The van der Waals surface area contributed by atoms with E-state index in [-0.39, 0.29) is 24.3 Å². The van der Waals surface area contributed by atoms with Gasteiger partial charge in [-0.15, -0.1) is 0 Å². The summed E-state index contributed by atoms with van der Waals surface area (Å²) in [6, 6.07) is 15.9. The molecule has 1 atom stereocenters. The van der Waals surface area contributed by atoms with Crippen LogP contribution in [0.5, 0.6) is 5.75 Å². The van der Waals surface area contributed by atoms with Crippen LogP contribution in [0.1, 0.15) is 30.6 Å². The number of ether oxygens (including phenoxy) is 1. The Labute approximate surface area is 142 Å². The Morgan fingerprint density at radius 2 is 1.71 bits per heavy atom. The summed E-state index contributed by atoms with van der Waals surface area (Å²) in [5, 5.41) is 5.63. The molecule has 0 aliphatic rings. The minimum absolute atomic E-state index is 0.153. The SMILES string of the molecule is CCOc1ccc(NC(=O)CC(C)NC(=O)c2ccccc2)cc1. The van der Waals surface area contributed by atoms with E-state index in [0.29, 0.717) is 17.9 Å². The molecule has 2 amide bonds. The zero-order valence-corrected chi connectivity index (χ0v) is 13.9. The lowest BCUT2D eigenvalue weighted by molar-refractivity contribution is -0.116. The van der Waals surface area contributed by atoms with Gasteiger partial charge in [-0.1, -0.05) is 18.2 Å². The van der Waals surface area contributed by atoms with Gasteiger partial charge in [0.2, 0.25) is 5.91 Å². The zero-order chi connectivity index (χ0) is 17.4. The first-order chi connectivity index (χ1) is 11.6. The van der Waals surface area contributed by atoms with E-state index in [2.05, 4.69) is 10.6 Å². The summed E-state index contributed by atoms with van der Waals surface area (Å²) < 4.78 is 5.36. The molecular weight excluding hydrogens is 304 g/mol. The van der Waals surface area contributed by atoms with Crippen molar-refractivity contribution in [3.8, 4) is 5.75 Å². The third kappa shape index (κ3) is 5.43. The van der Waals surface area contributed by atoms with Gasteiger partial charge in [0.05, 0.1) is 6.61 Å². The van der Waals surface area contributed by atoms with E-state index in [0.717, 1.165) is 5.75 Å². The number of rotatable bonds is 7. The number of hydrogen-bond donors (Lipinski definition) is 2. The summed E-state index contributed by atoms with van der Waals surface area (Å²) in [6.07, 6.45) is 0.200. The van der Waals surface area contributed by atoms with E-state index in [9.17, 15) is 9.59 Å². The van der Waals surface area contributed by atoms with Crippen molar-refractivity contribution in [2.45, 2.75) is 26.3 Å². The molecule has 0 aromatic heterocycles. The molecule has 0 spiro atoms. The fourth-order valence-electron chi connectivity index (χ4n) is 2.24. The van der Waals surface area contributed by atoms with E-state index in [1.807, 2.05) is 13.0 Å². The molecule has 0 bridgehead atoms. The monoisotopic (exact) mass is 326 g/mol. The highest BCUT2D eigenvalue weighted by Crippen LogP contribution is 2.15. The van der Waals surface area contributed by atoms with Gasteiger partial charge in [-0.3, -0.25) is 9.59 Å². The van der Waals surface area contributed by atoms with Crippen LogP contribution in [-0.2, 0) is 4.79 Å². The maximum atomic E-state index is 12.1. The second-order valence-corrected chi connectivity index (χ2v) is 5.45.